The summed E-state index contributed by atoms with van der Waals surface area (Å²) in [5, 5.41) is 18.7. The second kappa shape index (κ2) is 9.11. The van der Waals surface area contributed by atoms with Gasteiger partial charge >= 0.3 is 5.97 Å². The van der Waals surface area contributed by atoms with Crippen LogP contribution >= 0.6 is 12.6 Å². The molecule has 0 spiro atoms. The number of likely N-dealkylation sites (tertiary alicyclic amines) is 1. The number of ketones is 1. The molecule has 8 heteroatoms. The van der Waals surface area contributed by atoms with Crippen molar-refractivity contribution < 1.29 is 24.6 Å². The number of carbonyl (C=O) groups excluding carboxylic acids is 2. The third kappa shape index (κ3) is 4.31. The van der Waals surface area contributed by atoms with Crippen molar-refractivity contribution in [2.45, 2.75) is 43.0 Å². The molecule has 0 bridgehead atoms. The van der Waals surface area contributed by atoms with E-state index in [2.05, 4.69) is 12.6 Å². The maximum absolute atomic E-state index is 13.6. The second-order valence-electron chi connectivity index (χ2n) is 7.85. The fourth-order valence-corrected chi connectivity index (χ4v) is 4.52. The second-order valence-corrected chi connectivity index (χ2v) is 8.48. The Balaban J connectivity index is 2.01. The van der Waals surface area contributed by atoms with Crippen molar-refractivity contribution in [1.29, 1.82) is 0 Å². The minimum absolute atomic E-state index is 0.0116. The molecular weight excluding hydrogens is 416 g/mol. The van der Waals surface area contributed by atoms with Crippen LogP contribution in [0.2, 0.25) is 0 Å². The molecule has 1 aliphatic rings. The maximum atomic E-state index is 13.6. The number of nitrogens with zero attached hydrogens (tertiary/aromatic N) is 1. The predicted molar refractivity (Wildman–Crippen MR) is 119 cm³/mol. The number of amides is 1. The van der Waals surface area contributed by atoms with Gasteiger partial charge in [0.1, 0.15) is 5.75 Å². The summed E-state index contributed by atoms with van der Waals surface area (Å²) in [6, 6.07) is 13.2. The normalized spacial score (nSPS) is 21.6. The van der Waals surface area contributed by atoms with Gasteiger partial charge in [-0.2, -0.15) is 12.6 Å². The van der Waals surface area contributed by atoms with Crippen molar-refractivity contribution in [2.24, 2.45) is 5.73 Å². The van der Waals surface area contributed by atoms with Crippen molar-refractivity contribution in [3.8, 4) is 5.75 Å². The number of carboxylic acid groups (broad SMARTS) is 1. The summed E-state index contributed by atoms with van der Waals surface area (Å²) >= 11 is 4.46. The van der Waals surface area contributed by atoms with Gasteiger partial charge in [0.15, 0.2) is 5.78 Å². The van der Waals surface area contributed by atoms with Gasteiger partial charge < -0.3 is 20.8 Å². The molecule has 2 aromatic rings. The van der Waals surface area contributed by atoms with Crippen molar-refractivity contribution in [3.05, 3.63) is 65.2 Å². The third-order valence-corrected chi connectivity index (χ3v) is 6.26. The number of aliphatic carboxylic acids is 1. The molecule has 4 N–H and O–H groups in total. The fraction of sp³-hybridized carbons (Fsp3) is 0.348. The smallest absolute Gasteiger partial charge is 0.337 e. The SMILES string of the molecule is Cc1ccc(C2CCC(C(=O)O)(C(=O)CN)N2C(=O)C(S)Cc2ccc(O)cc2)cc1. The molecule has 1 amide bonds. The Hall–Kier alpha value is -2.84. The molecule has 2 aromatic carbocycles. The number of aryl methyl sites for hydroxylation is 1. The first kappa shape index (κ1) is 22.8. The molecule has 0 saturated carbocycles. The van der Waals surface area contributed by atoms with Crippen molar-refractivity contribution in [1.82, 2.24) is 4.90 Å². The van der Waals surface area contributed by atoms with Crippen LogP contribution in [-0.4, -0.2) is 50.1 Å². The number of phenols is 1. The van der Waals surface area contributed by atoms with Crippen LogP contribution in [0.4, 0.5) is 0 Å². The quantitative estimate of drug-likeness (QED) is 0.386. The molecule has 0 aliphatic carbocycles. The van der Waals surface area contributed by atoms with E-state index in [0.717, 1.165) is 16.7 Å². The molecule has 31 heavy (non-hydrogen) atoms. The number of phenolic OH excluding ortho intramolecular Hbond substituents is 1. The van der Waals surface area contributed by atoms with Crippen LogP contribution in [-0.2, 0) is 20.8 Å². The number of Topliss-reactive ketones (excluding diaryl/α,β-unsaturated/α-hetero) is 1. The Labute approximate surface area is 186 Å². The van der Waals surface area contributed by atoms with Gasteiger partial charge in [-0.25, -0.2) is 4.79 Å². The van der Waals surface area contributed by atoms with Crippen molar-refractivity contribution in [3.63, 3.8) is 0 Å². The fourth-order valence-electron chi connectivity index (χ4n) is 4.18. The Kier molecular flexibility index (Phi) is 6.71. The summed E-state index contributed by atoms with van der Waals surface area (Å²) in [6.45, 7) is 1.45. The van der Waals surface area contributed by atoms with E-state index in [-0.39, 0.29) is 18.6 Å². The van der Waals surface area contributed by atoms with Gasteiger partial charge in [-0.1, -0.05) is 42.0 Å². The molecule has 3 atom stereocenters. The van der Waals surface area contributed by atoms with Crippen LogP contribution in [0.1, 0.15) is 35.6 Å². The Morgan fingerprint density at radius 2 is 1.77 bits per heavy atom. The molecule has 1 fully saturated rings. The first-order chi connectivity index (χ1) is 14.7. The Bertz CT molecular complexity index is 976. The molecule has 1 saturated heterocycles. The van der Waals surface area contributed by atoms with Crippen LogP contribution in [0.5, 0.6) is 5.75 Å². The van der Waals surface area contributed by atoms with Crippen molar-refractivity contribution in [2.75, 3.05) is 6.54 Å². The lowest BCUT2D eigenvalue weighted by atomic mass is 9.90. The highest BCUT2D eigenvalue weighted by molar-refractivity contribution is 7.81. The molecule has 0 radical (unpaired) electrons. The molecule has 0 aromatic heterocycles. The number of benzene rings is 2. The summed E-state index contributed by atoms with van der Waals surface area (Å²) in [7, 11) is 0. The van der Waals surface area contributed by atoms with E-state index in [1.54, 1.807) is 12.1 Å². The van der Waals surface area contributed by atoms with Gasteiger partial charge in [-0.05, 0) is 49.4 Å². The monoisotopic (exact) mass is 442 g/mol. The molecule has 3 rings (SSSR count). The average Bonchev–Trinajstić information content (AvgIpc) is 3.16. The average molecular weight is 443 g/mol. The number of nitrogens with two attached hydrogens (primary N) is 1. The molecule has 7 nitrogen and oxygen atoms in total. The summed E-state index contributed by atoms with van der Waals surface area (Å²) < 4.78 is 0. The van der Waals surface area contributed by atoms with Gasteiger partial charge in [0, 0.05) is 0 Å². The number of carboxylic acids is 1. The van der Waals surface area contributed by atoms with Crippen molar-refractivity contribution >= 4 is 30.3 Å². The van der Waals surface area contributed by atoms with E-state index < -0.39 is 41.0 Å². The number of aromatic hydroxyl groups is 1. The van der Waals surface area contributed by atoms with E-state index in [1.807, 2.05) is 31.2 Å². The van der Waals surface area contributed by atoms with Gasteiger partial charge in [0.25, 0.3) is 0 Å². The van der Waals surface area contributed by atoms with Crippen LogP contribution in [0.3, 0.4) is 0 Å². The summed E-state index contributed by atoms with van der Waals surface area (Å²) in [6.07, 6.45) is 0.529. The zero-order chi connectivity index (χ0) is 22.8. The zero-order valence-electron chi connectivity index (χ0n) is 17.2. The van der Waals surface area contributed by atoms with E-state index in [4.69, 9.17) is 5.73 Å². The van der Waals surface area contributed by atoms with E-state index >= 15 is 0 Å². The standard InChI is InChI=1S/C23H26N2O5S/c1-14-2-6-16(7-3-14)18-10-11-23(22(29)30,20(27)13-24)25(18)21(28)19(31)12-15-4-8-17(26)9-5-15/h2-9,18-19,26,31H,10-13,24H2,1H3,(H,29,30). The first-order valence-corrected chi connectivity index (χ1v) is 10.5. The number of carbonyl (C=O) groups is 3. The van der Waals surface area contributed by atoms with E-state index in [1.165, 1.54) is 17.0 Å². The van der Waals surface area contributed by atoms with Crippen LogP contribution < -0.4 is 5.73 Å². The molecular formula is C23H26N2O5S. The van der Waals surface area contributed by atoms with E-state index in [9.17, 15) is 24.6 Å². The number of rotatable bonds is 7. The van der Waals surface area contributed by atoms with Gasteiger partial charge in [-0.15, -0.1) is 0 Å². The van der Waals surface area contributed by atoms with Gasteiger partial charge in [-0.3, -0.25) is 9.59 Å². The highest BCUT2D eigenvalue weighted by Crippen LogP contribution is 2.44. The lowest BCUT2D eigenvalue weighted by molar-refractivity contribution is -0.163. The first-order valence-electron chi connectivity index (χ1n) is 10.0. The number of thiol groups is 1. The predicted octanol–water partition coefficient (Wildman–Crippen LogP) is 2.26. The van der Waals surface area contributed by atoms with Gasteiger partial charge in [0.05, 0.1) is 17.8 Å². The summed E-state index contributed by atoms with van der Waals surface area (Å²) in [5.74, 6) is -2.52. The number of hydrogen-bond acceptors (Lipinski definition) is 6. The lowest BCUT2D eigenvalue weighted by Crippen LogP contribution is -2.62. The molecule has 164 valence electrons. The maximum Gasteiger partial charge on any atom is 0.337 e. The summed E-state index contributed by atoms with van der Waals surface area (Å²) in [5.41, 5.74) is 6.09. The van der Waals surface area contributed by atoms with Crippen LogP contribution in [0.25, 0.3) is 0 Å². The van der Waals surface area contributed by atoms with Crippen LogP contribution in [0, 0.1) is 6.92 Å². The molecule has 3 unspecified atom stereocenters. The molecule has 1 heterocycles. The highest BCUT2D eigenvalue weighted by atomic mass is 32.1. The highest BCUT2D eigenvalue weighted by Gasteiger charge is 2.59. The Morgan fingerprint density at radius 3 is 2.32 bits per heavy atom. The minimum Gasteiger partial charge on any atom is -0.508 e. The third-order valence-electron chi connectivity index (χ3n) is 5.85. The number of hydrogen-bond donors (Lipinski definition) is 4. The topological polar surface area (TPSA) is 121 Å². The Morgan fingerprint density at radius 1 is 1.16 bits per heavy atom. The molecule has 1 aliphatic heterocycles. The minimum atomic E-state index is -2.02. The van der Waals surface area contributed by atoms with Gasteiger partial charge in [0.2, 0.25) is 11.4 Å². The zero-order valence-corrected chi connectivity index (χ0v) is 18.1. The summed E-state index contributed by atoms with van der Waals surface area (Å²) in [4.78, 5) is 39.9. The lowest BCUT2D eigenvalue weighted by Gasteiger charge is -2.38. The van der Waals surface area contributed by atoms with E-state index in [0.29, 0.717) is 6.42 Å². The van der Waals surface area contributed by atoms with Crippen LogP contribution in [0.15, 0.2) is 48.5 Å². The largest absolute Gasteiger partial charge is 0.508 e.